The molecule has 1 aliphatic carbocycles. The van der Waals surface area contributed by atoms with Crippen LogP contribution >= 0.6 is 0 Å². The van der Waals surface area contributed by atoms with Crippen LogP contribution in [0.1, 0.15) is 48.0 Å². The standard InChI is InChI=1S/C13H16.2C2H6/c1-5-10-9-11(6-2)13(8-4)12(10)7-3;2*1-2/h5-8H,1,3,9H2,2,4H3;2*1-2H3/b11-6-,13-8+;;. The first-order valence-corrected chi connectivity index (χ1v) is 6.58. The second-order valence-corrected chi connectivity index (χ2v) is 3.04. The van der Waals surface area contributed by atoms with Crippen LogP contribution in [0.4, 0.5) is 0 Å². The van der Waals surface area contributed by atoms with Gasteiger partial charge in [-0.15, -0.1) is 0 Å². The average Bonchev–Trinajstić information content (AvgIpc) is 2.79. The molecule has 0 aromatic heterocycles. The Bertz CT molecular complexity index is 322. The lowest BCUT2D eigenvalue weighted by Gasteiger charge is -2.00. The molecule has 0 aromatic rings. The topological polar surface area (TPSA) is 0 Å². The fraction of sp³-hybridized carbons (Fsp3) is 0.412. The van der Waals surface area contributed by atoms with Crippen LogP contribution in [-0.4, -0.2) is 0 Å². The summed E-state index contributed by atoms with van der Waals surface area (Å²) < 4.78 is 0. The Morgan fingerprint density at radius 2 is 1.41 bits per heavy atom. The van der Waals surface area contributed by atoms with E-state index < -0.39 is 0 Å². The lowest BCUT2D eigenvalue weighted by molar-refractivity contribution is 1.24. The van der Waals surface area contributed by atoms with Gasteiger partial charge in [0.15, 0.2) is 0 Å². The van der Waals surface area contributed by atoms with Crippen LogP contribution < -0.4 is 0 Å². The molecule has 0 spiro atoms. The van der Waals surface area contributed by atoms with Gasteiger partial charge in [-0.25, -0.2) is 0 Å². The molecule has 0 radical (unpaired) electrons. The summed E-state index contributed by atoms with van der Waals surface area (Å²) in [6, 6.07) is 0. The number of rotatable bonds is 2. The first-order chi connectivity index (χ1) is 8.28. The summed E-state index contributed by atoms with van der Waals surface area (Å²) in [6.45, 7) is 19.8. The van der Waals surface area contributed by atoms with Crippen molar-refractivity contribution in [1.82, 2.24) is 0 Å². The Hall–Kier alpha value is -1.30. The predicted molar refractivity (Wildman–Crippen MR) is 82.2 cm³/mol. The molecule has 0 heteroatoms. The van der Waals surface area contributed by atoms with Crippen LogP contribution in [0.25, 0.3) is 0 Å². The Kier molecular flexibility index (Phi) is 11.9. The summed E-state index contributed by atoms with van der Waals surface area (Å²) in [5.41, 5.74) is 5.22. The second-order valence-electron chi connectivity index (χ2n) is 3.04. The minimum absolute atomic E-state index is 1.00. The number of hydrogen-bond acceptors (Lipinski definition) is 0. The molecule has 0 bridgehead atoms. The minimum atomic E-state index is 1.00. The van der Waals surface area contributed by atoms with Gasteiger partial charge in [0.25, 0.3) is 0 Å². The lowest BCUT2D eigenvalue weighted by Crippen LogP contribution is -1.81. The fourth-order valence-electron chi connectivity index (χ4n) is 1.76. The molecule has 0 amide bonds. The molecule has 0 aromatic carbocycles. The van der Waals surface area contributed by atoms with Gasteiger partial charge in [0.1, 0.15) is 0 Å². The molecule has 0 saturated carbocycles. The van der Waals surface area contributed by atoms with E-state index in [0.717, 1.165) is 6.42 Å². The zero-order valence-corrected chi connectivity index (χ0v) is 12.4. The van der Waals surface area contributed by atoms with Gasteiger partial charge >= 0.3 is 0 Å². The van der Waals surface area contributed by atoms with Gasteiger partial charge in [-0.2, -0.15) is 0 Å². The zero-order chi connectivity index (χ0) is 13.8. The van der Waals surface area contributed by atoms with Crippen molar-refractivity contribution in [2.45, 2.75) is 48.0 Å². The molecule has 0 heterocycles. The molecule has 17 heavy (non-hydrogen) atoms. The Morgan fingerprint density at radius 3 is 1.71 bits per heavy atom. The van der Waals surface area contributed by atoms with E-state index >= 15 is 0 Å². The highest BCUT2D eigenvalue weighted by molar-refractivity contribution is 5.62. The molecule has 0 unspecified atom stereocenters. The Balaban J connectivity index is 0. The summed E-state index contributed by atoms with van der Waals surface area (Å²) in [6.07, 6.45) is 9.15. The molecule has 0 fully saturated rings. The normalized spacial score (nSPS) is 18.2. The van der Waals surface area contributed by atoms with Crippen molar-refractivity contribution in [3.05, 3.63) is 59.8 Å². The molecular weight excluding hydrogens is 204 g/mol. The maximum atomic E-state index is 3.83. The lowest BCUT2D eigenvalue weighted by atomic mass is 10.0. The summed E-state index contributed by atoms with van der Waals surface area (Å²) in [7, 11) is 0. The highest BCUT2D eigenvalue weighted by Crippen LogP contribution is 2.36. The molecule has 0 aliphatic heterocycles. The number of allylic oxidation sites excluding steroid dienone is 8. The predicted octanol–water partition coefficient (Wildman–Crippen LogP) is 6.00. The summed E-state index contributed by atoms with van der Waals surface area (Å²) in [5, 5.41) is 0. The van der Waals surface area contributed by atoms with Crippen LogP contribution in [0.5, 0.6) is 0 Å². The van der Waals surface area contributed by atoms with Gasteiger partial charge in [0, 0.05) is 0 Å². The highest BCUT2D eigenvalue weighted by atomic mass is 14.2. The third kappa shape index (κ3) is 4.60. The van der Waals surface area contributed by atoms with Crippen molar-refractivity contribution >= 4 is 0 Å². The van der Waals surface area contributed by atoms with Crippen molar-refractivity contribution in [1.29, 1.82) is 0 Å². The first kappa shape index (κ1) is 18.1. The van der Waals surface area contributed by atoms with E-state index in [1.165, 1.54) is 22.3 Å². The molecule has 96 valence electrons. The second kappa shape index (κ2) is 11.2. The largest absolute Gasteiger partial charge is 0.0988 e. The van der Waals surface area contributed by atoms with Gasteiger partial charge in [-0.3, -0.25) is 0 Å². The summed E-state index contributed by atoms with van der Waals surface area (Å²) >= 11 is 0. The van der Waals surface area contributed by atoms with Crippen molar-refractivity contribution in [3.63, 3.8) is 0 Å². The molecule has 0 nitrogen and oxygen atoms in total. The number of hydrogen-bond donors (Lipinski definition) is 0. The quantitative estimate of drug-likeness (QED) is 0.547. The van der Waals surface area contributed by atoms with Gasteiger partial charge in [-0.1, -0.05) is 65.2 Å². The molecule has 0 N–H and O–H groups in total. The van der Waals surface area contributed by atoms with Crippen LogP contribution in [0, 0.1) is 0 Å². The summed E-state index contributed by atoms with van der Waals surface area (Å²) in [5.74, 6) is 0. The Labute approximate surface area is 108 Å². The van der Waals surface area contributed by atoms with E-state index in [1.54, 1.807) is 0 Å². The van der Waals surface area contributed by atoms with Crippen LogP contribution in [-0.2, 0) is 0 Å². The monoisotopic (exact) mass is 232 g/mol. The fourth-order valence-corrected chi connectivity index (χ4v) is 1.76. The smallest absolute Gasteiger partial charge is 0.00171 e. The zero-order valence-electron chi connectivity index (χ0n) is 12.4. The average molecular weight is 232 g/mol. The van der Waals surface area contributed by atoms with Crippen molar-refractivity contribution in [2.75, 3.05) is 0 Å². The van der Waals surface area contributed by atoms with E-state index in [9.17, 15) is 0 Å². The van der Waals surface area contributed by atoms with E-state index in [1.807, 2.05) is 39.8 Å². The van der Waals surface area contributed by atoms with Gasteiger partial charge < -0.3 is 0 Å². The van der Waals surface area contributed by atoms with Crippen LogP contribution in [0.3, 0.4) is 0 Å². The molecule has 1 rings (SSSR count). The molecule has 0 atom stereocenters. The van der Waals surface area contributed by atoms with Crippen molar-refractivity contribution in [3.8, 4) is 0 Å². The molecule has 1 aliphatic rings. The highest BCUT2D eigenvalue weighted by Gasteiger charge is 2.18. The van der Waals surface area contributed by atoms with Crippen molar-refractivity contribution in [2.24, 2.45) is 0 Å². The third-order valence-electron chi connectivity index (χ3n) is 2.45. The van der Waals surface area contributed by atoms with Gasteiger partial charge in [-0.05, 0) is 42.6 Å². The van der Waals surface area contributed by atoms with Crippen LogP contribution in [0.15, 0.2) is 59.8 Å². The minimum Gasteiger partial charge on any atom is -0.0988 e. The maximum absolute atomic E-state index is 3.83. The third-order valence-corrected chi connectivity index (χ3v) is 2.45. The van der Waals surface area contributed by atoms with Gasteiger partial charge in [0.2, 0.25) is 0 Å². The maximum Gasteiger partial charge on any atom is -0.00171 e. The molecule has 0 saturated heterocycles. The van der Waals surface area contributed by atoms with Crippen molar-refractivity contribution < 1.29 is 0 Å². The first-order valence-electron chi connectivity index (χ1n) is 6.58. The molecular formula is C17H28. The van der Waals surface area contributed by atoms with E-state index in [2.05, 4.69) is 39.2 Å². The van der Waals surface area contributed by atoms with Gasteiger partial charge in [0.05, 0.1) is 0 Å². The Morgan fingerprint density at radius 1 is 0.882 bits per heavy atom. The van der Waals surface area contributed by atoms with E-state index in [4.69, 9.17) is 0 Å². The van der Waals surface area contributed by atoms with E-state index in [0.29, 0.717) is 0 Å². The SMILES string of the molecule is C=CC1=C(C=C)C(=C/C)/C(=C\C)C1.CC.CC. The summed E-state index contributed by atoms with van der Waals surface area (Å²) in [4.78, 5) is 0. The van der Waals surface area contributed by atoms with E-state index in [-0.39, 0.29) is 0 Å². The van der Waals surface area contributed by atoms with Crippen LogP contribution in [0.2, 0.25) is 0 Å².